The average Bonchev–Trinajstić information content (AvgIpc) is 2.85. The van der Waals surface area contributed by atoms with Gasteiger partial charge in [-0.15, -0.1) is 11.3 Å². The van der Waals surface area contributed by atoms with Gasteiger partial charge in [0.2, 0.25) is 5.95 Å². The number of fused-ring (bicyclic) bond motifs is 1. The Balaban J connectivity index is 1.63. The molecule has 1 N–H and O–H groups in total. The molecule has 0 spiro atoms. The lowest BCUT2D eigenvalue weighted by Crippen LogP contribution is -2.23. The molecule has 3 rings (SSSR count). The summed E-state index contributed by atoms with van der Waals surface area (Å²) < 4.78 is 5.34. The number of thiophene rings is 1. The highest BCUT2D eigenvalue weighted by Crippen LogP contribution is 2.19. The number of ether oxygens (including phenoxy) is 1. The second-order valence-corrected chi connectivity index (χ2v) is 5.21. The minimum atomic E-state index is 0.686. The van der Waals surface area contributed by atoms with Crippen LogP contribution in [-0.4, -0.2) is 29.7 Å². The van der Waals surface area contributed by atoms with Crippen molar-refractivity contribution in [1.29, 1.82) is 0 Å². The lowest BCUT2D eigenvalue weighted by Gasteiger charge is -2.22. The summed E-state index contributed by atoms with van der Waals surface area (Å²) in [6.07, 6.45) is 4.15. The maximum Gasteiger partial charge on any atom is 0.224 e. The maximum atomic E-state index is 5.34. The number of anilines is 1. The van der Waals surface area contributed by atoms with Crippen molar-refractivity contribution in [2.24, 2.45) is 5.92 Å². The molecule has 0 unspecified atom stereocenters. The van der Waals surface area contributed by atoms with Crippen LogP contribution in [-0.2, 0) is 4.74 Å². The molecular weight excluding hydrogens is 234 g/mol. The molecule has 1 fully saturated rings. The number of hydrogen-bond acceptors (Lipinski definition) is 5. The number of nitrogens with zero attached hydrogens (tertiary/aromatic N) is 2. The third-order valence-corrected chi connectivity index (χ3v) is 3.92. The van der Waals surface area contributed by atoms with Gasteiger partial charge >= 0.3 is 0 Å². The second kappa shape index (κ2) is 4.98. The lowest BCUT2D eigenvalue weighted by atomic mass is 10.0. The van der Waals surface area contributed by atoms with Crippen molar-refractivity contribution in [3.63, 3.8) is 0 Å². The van der Waals surface area contributed by atoms with E-state index in [4.69, 9.17) is 4.74 Å². The van der Waals surface area contributed by atoms with Gasteiger partial charge in [0.1, 0.15) is 4.83 Å². The number of nitrogens with one attached hydrogen (secondary N) is 1. The summed E-state index contributed by atoms with van der Waals surface area (Å²) in [6, 6.07) is 2.04. The van der Waals surface area contributed by atoms with Gasteiger partial charge in [0.05, 0.1) is 0 Å². The van der Waals surface area contributed by atoms with E-state index in [9.17, 15) is 0 Å². The van der Waals surface area contributed by atoms with E-state index < -0.39 is 0 Å². The molecule has 0 bridgehead atoms. The molecule has 0 amide bonds. The molecule has 1 saturated heterocycles. The summed E-state index contributed by atoms with van der Waals surface area (Å²) in [7, 11) is 0. The summed E-state index contributed by atoms with van der Waals surface area (Å²) in [5.41, 5.74) is 0. The zero-order valence-corrected chi connectivity index (χ0v) is 10.4. The minimum absolute atomic E-state index is 0.686. The van der Waals surface area contributed by atoms with Gasteiger partial charge in [-0.25, -0.2) is 9.97 Å². The fourth-order valence-electron chi connectivity index (χ4n) is 2.03. The molecular formula is C12H15N3OS. The van der Waals surface area contributed by atoms with E-state index in [1.54, 1.807) is 11.3 Å². The van der Waals surface area contributed by atoms with Crippen LogP contribution in [0.5, 0.6) is 0 Å². The molecule has 17 heavy (non-hydrogen) atoms. The second-order valence-electron chi connectivity index (χ2n) is 4.31. The lowest BCUT2D eigenvalue weighted by molar-refractivity contribution is 0.0699. The van der Waals surface area contributed by atoms with Crippen LogP contribution < -0.4 is 5.32 Å². The Hall–Kier alpha value is -1.20. The Bertz CT molecular complexity index is 493. The Morgan fingerprint density at radius 3 is 3.18 bits per heavy atom. The highest BCUT2D eigenvalue weighted by Gasteiger charge is 2.13. The SMILES string of the molecule is c1cc2cnc(NCC3CCOCC3)nc2s1. The van der Waals surface area contributed by atoms with Crippen LogP contribution >= 0.6 is 11.3 Å². The normalized spacial score (nSPS) is 17.4. The molecule has 2 aromatic rings. The molecule has 0 aromatic carbocycles. The van der Waals surface area contributed by atoms with Gasteiger partial charge in [0.25, 0.3) is 0 Å². The van der Waals surface area contributed by atoms with Crippen LogP contribution in [0.25, 0.3) is 10.2 Å². The third kappa shape index (κ3) is 2.56. The van der Waals surface area contributed by atoms with E-state index in [0.717, 1.165) is 48.8 Å². The molecule has 4 nitrogen and oxygen atoms in total. The molecule has 90 valence electrons. The molecule has 3 heterocycles. The highest BCUT2D eigenvalue weighted by atomic mass is 32.1. The Labute approximate surface area is 104 Å². The van der Waals surface area contributed by atoms with Crippen LogP contribution in [0.2, 0.25) is 0 Å². The van der Waals surface area contributed by atoms with Crippen molar-refractivity contribution >= 4 is 27.5 Å². The van der Waals surface area contributed by atoms with Crippen molar-refractivity contribution in [2.45, 2.75) is 12.8 Å². The van der Waals surface area contributed by atoms with Crippen molar-refractivity contribution in [2.75, 3.05) is 25.1 Å². The van der Waals surface area contributed by atoms with Gasteiger partial charge < -0.3 is 10.1 Å². The van der Waals surface area contributed by atoms with E-state index in [-0.39, 0.29) is 0 Å². The van der Waals surface area contributed by atoms with E-state index >= 15 is 0 Å². The zero-order valence-electron chi connectivity index (χ0n) is 9.56. The number of hydrogen-bond donors (Lipinski definition) is 1. The largest absolute Gasteiger partial charge is 0.381 e. The predicted molar refractivity (Wildman–Crippen MR) is 69.4 cm³/mol. The molecule has 5 heteroatoms. The van der Waals surface area contributed by atoms with Gasteiger partial charge in [-0.2, -0.15) is 0 Å². The van der Waals surface area contributed by atoms with Crippen molar-refractivity contribution in [3.05, 3.63) is 17.6 Å². The molecule has 0 atom stereocenters. The number of aromatic nitrogens is 2. The predicted octanol–water partition coefficient (Wildman–Crippen LogP) is 2.53. The highest BCUT2D eigenvalue weighted by molar-refractivity contribution is 7.16. The van der Waals surface area contributed by atoms with Gasteiger partial charge in [-0.3, -0.25) is 0 Å². The summed E-state index contributed by atoms with van der Waals surface area (Å²) in [5.74, 6) is 1.43. The Morgan fingerprint density at radius 1 is 1.41 bits per heavy atom. The minimum Gasteiger partial charge on any atom is -0.381 e. The number of rotatable bonds is 3. The van der Waals surface area contributed by atoms with Crippen LogP contribution in [0.4, 0.5) is 5.95 Å². The van der Waals surface area contributed by atoms with Crippen molar-refractivity contribution < 1.29 is 4.74 Å². The molecule has 0 radical (unpaired) electrons. The van der Waals surface area contributed by atoms with Crippen molar-refractivity contribution in [3.8, 4) is 0 Å². The topological polar surface area (TPSA) is 47.0 Å². The van der Waals surface area contributed by atoms with Gasteiger partial charge in [0, 0.05) is 31.3 Å². The fourth-order valence-corrected chi connectivity index (χ4v) is 2.77. The van der Waals surface area contributed by atoms with Crippen LogP contribution in [0.3, 0.4) is 0 Å². The molecule has 2 aromatic heterocycles. The Kier molecular flexibility index (Phi) is 3.20. The smallest absolute Gasteiger partial charge is 0.224 e. The maximum absolute atomic E-state index is 5.34. The van der Waals surface area contributed by atoms with Gasteiger partial charge in [0.15, 0.2) is 0 Å². The van der Waals surface area contributed by atoms with Crippen molar-refractivity contribution in [1.82, 2.24) is 9.97 Å². The van der Waals surface area contributed by atoms with Crippen LogP contribution in [0.15, 0.2) is 17.6 Å². The Morgan fingerprint density at radius 2 is 2.29 bits per heavy atom. The summed E-state index contributed by atoms with van der Waals surface area (Å²) >= 11 is 1.65. The quantitative estimate of drug-likeness (QED) is 0.908. The first-order valence-electron chi connectivity index (χ1n) is 5.94. The van der Waals surface area contributed by atoms with E-state index in [1.165, 1.54) is 0 Å². The first-order chi connectivity index (χ1) is 8.42. The standard InChI is InChI=1S/C12H15N3OS/c1-4-16-5-2-9(1)7-13-12-14-8-10-3-6-17-11(10)15-12/h3,6,8-9H,1-2,4-5,7H2,(H,13,14,15). The monoisotopic (exact) mass is 249 g/mol. The molecule has 0 saturated carbocycles. The zero-order chi connectivity index (χ0) is 11.5. The first kappa shape index (κ1) is 10.9. The van der Waals surface area contributed by atoms with E-state index in [2.05, 4.69) is 15.3 Å². The molecule has 1 aliphatic heterocycles. The van der Waals surface area contributed by atoms with Gasteiger partial charge in [-0.05, 0) is 30.2 Å². The third-order valence-electron chi connectivity index (χ3n) is 3.10. The van der Waals surface area contributed by atoms with Gasteiger partial charge in [-0.1, -0.05) is 0 Å². The average molecular weight is 249 g/mol. The molecule has 0 aliphatic carbocycles. The summed E-state index contributed by atoms with van der Waals surface area (Å²) in [4.78, 5) is 9.85. The molecule has 1 aliphatic rings. The van der Waals surface area contributed by atoms with Crippen LogP contribution in [0, 0.1) is 5.92 Å². The summed E-state index contributed by atoms with van der Waals surface area (Å²) in [5, 5.41) is 6.49. The van der Waals surface area contributed by atoms with E-state index in [1.807, 2.05) is 17.6 Å². The first-order valence-corrected chi connectivity index (χ1v) is 6.81. The fraction of sp³-hybridized carbons (Fsp3) is 0.500. The summed E-state index contributed by atoms with van der Waals surface area (Å²) in [6.45, 7) is 2.72. The van der Waals surface area contributed by atoms with Crippen LogP contribution in [0.1, 0.15) is 12.8 Å². The van der Waals surface area contributed by atoms with E-state index in [0.29, 0.717) is 5.92 Å².